The molecule has 0 radical (unpaired) electrons. The van der Waals surface area contributed by atoms with Crippen LogP contribution in [0.5, 0.6) is 0 Å². The van der Waals surface area contributed by atoms with Crippen molar-refractivity contribution in [1.82, 2.24) is 0 Å². The molecule has 4 atom stereocenters. The Kier molecular flexibility index (Phi) is 1.08. The summed E-state index contributed by atoms with van der Waals surface area (Å²) in [7, 11) is 0. The van der Waals surface area contributed by atoms with Crippen LogP contribution in [-0.2, 0) is 14.2 Å². The number of hydrogen-bond donors (Lipinski definition) is 0. The van der Waals surface area contributed by atoms with E-state index in [2.05, 4.69) is 0 Å². The van der Waals surface area contributed by atoms with Crippen LogP contribution in [0.2, 0.25) is 0 Å². The molecule has 72 valence electrons. The van der Waals surface area contributed by atoms with E-state index < -0.39 is 0 Å². The van der Waals surface area contributed by atoms with Gasteiger partial charge in [0.2, 0.25) is 0 Å². The predicted molar refractivity (Wildman–Crippen MR) is 44.0 cm³/mol. The third-order valence-corrected chi connectivity index (χ3v) is 3.88. The Labute approximate surface area is 77.3 Å². The first kappa shape index (κ1) is 7.21. The molecule has 0 spiro atoms. The van der Waals surface area contributed by atoms with Crippen LogP contribution in [0, 0.1) is 0 Å². The molecule has 4 aliphatic rings. The summed E-state index contributed by atoms with van der Waals surface area (Å²) in [4.78, 5) is 0. The van der Waals surface area contributed by atoms with E-state index >= 15 is 0 Å². The SMILES string of the molecule is C1CC2OC2(OC23CCCC2O3)C1. The fourth-order valence-electron chi connectivity index (χ4n) is 3.05. The van der Waals surface area contributed by atoms with Gasteiger partial charge in [0, 0.05) is 12.8 Å². The average molecular weight is 182 g/mol. The summed E-state index contributed by atoms with van der Waals surface area (Å²) < 4.78 is 17.2. The molecule has 4 rings (SSSR count). The van der Waals surface area contributed by atoms with Gasteiger partial charge in [0.25, 0.3) is 0 Å². The molecule has 0 aromatic heterocycles. The lowest BCUT2D eigenvalue weighted by atomic mass is 10.2. The van der Waals surface area contributed by atoms with Crippen LogP contribution in [0.1, 0.15) is 38.5 Å². The zero-order valence-corrected chi connectivity index (χ0v) is 7.62. The van der Waals surface area contributed by atoms with Crippen molar-refractivity contribution in [1.29, 1.82) is 0 Å². The summed E-state index contributed by atoms with van der Waals surface area (Å²) in [6, 6.07) is 0. The highest BCUT2D eigenvalue weighted by atomic mass is 16.9. The summed E-state index contributed by atoms with van der Waals surface area (Å²) in [5.41, 5.74) is 0. The highest BCUT2D eigenvalue weighted by molar-refractivity contribution is 5.08. The lowest BCUT2D eigenvalue weighted by Gasteiger charge is -2.15. The second-order valence-electron chi connectivity index (χ2n) is 4.72. The van der Waals surface area contributed by atoms with Crippen LogP contribution in [0.3, 0.4) is 0 Å². The van der Waals surface area contributed by atoms with E-state index in [1.165, 1.54) is 25.7 Å². The molecule has 4 fully saturated rings. The average Bonchev–Trinajstić information content (AvgIpc) is 2.88. The molecule has 2 aliphatic carbocycles. The van der Waals surface area contributed by atoms with E-state index in [9.17, 15) is 0 Å². The fourth-order valence-corrected chi connectivity index (χ4v) is 3.05. The third kappa shape index (κ3) is 0.808. The van der Waals surface area contributed by atoms with E-state index in [0.717, 1.165) is 12.8 Å². The zero-order chi connectivity index (χ0) is 8.52. The summed E-state index contributed by atoms with van der Waals surface area (Å²) in [6.07, 6.45) is 7.82. The van der Waals surface area contributed by atoms with E-state index in [4.69, 9.17) is 14.2 Å². The topological polar surface area (TPSA) is 34.3 Å². The molecule has 0 bridgehead atoms. The van der Waals surface area contributed by atoms with Crippen molar-refractivity contribution < 1.29 is 14.2 Å². The Morgan fingerprint density at radius 2 is 1.46 bits per heavy atom. The van der Waals surface area contributed by atoms with Crippen molar-refractivity contribution in [3.63, 3.8) is 0 Å². The Morgan fingerprint density at radius 3 is 1.77 bits per heavy atom. The van der Waals surface area contributed by atoms with Gasteiger partial charge in [-0.25, -0.2) is 0 Å². The molecule has 2 saturated heterocycles. The van der Waals surface area contributed by atoms with Crippen molar-refractivity contribution in [3.05, 3.63) is 0 Å². The number of fused-ring (bicyclic) bond motifs is 2. The molecule has 13 heavy (non-hydrogen) atoms. The first-order valence-corrected chi connectivity index (χ1v) is 5.39. The van der Waals surface area contributed by atoms with Crippen molar-refractivity contribution in [3.8, 4) is 0 Å². The number of ether oxygens (including phenoxy) is 3. The first-order valence-electron chi connectivity index (χ1n) is 5.39. The Hall–Kier alpha value is -0.120. The molecule has 3 heteroatoms. The van der Waals surface area contributed by atoms with Gasteiger partial charge in [0.15, 0.2) is 11.6 Å². The van der Waals surface area contributed by atoms with Crippen molar-refractivity contribution >= 4 is 0 Å². The number of rotatable bonds is 2. The van der Waals surface area contributed by atoms with E-state index in [0.29, 0.717) is 12.2 Å². The Bertz CT molecular complexity index is 241. The lowest BCUT2D eigenvalue weighted by Crippen LogP contribution is -2.27. The highest BCUT2D eigenvalue weighted by Crippen LogP contribution is 2.60. The summed E-state index contributed by atoms with van der Waals surface area (Å²) in [5.74, 6) is -0.391. The van der Waals surface area contributed by atoms with Crippen molar-refractivity contribution in [2.45, 2.75) is 62.3 Å². The fraction of sp³-hybridized carbons (Fsp3) is 1.00. The van der Waals surface area contributed by atoms with E-state index in [1.54, 1.807) is 0 Å². The zero-order valence-electron chi connectivity index (χ0n) is 7.62. The molecule has 0 N–H and O–H groups in total. The maximum atomic E-state index is 6.05. The lowest BCUT2D eigenvalue weighted by molar-refractivity contribution is -0.151. The van der Waals surface area contributed by atoms with Gasteiger partial charge in [-0.15, -0.1) is 0 Å². The minimum atomic E-state index is -0.195. The van der Waals surface area contributed by atoms with Crippen LogP contribution < -0.4 is 0 Å². The van der Waals surface area contributed by atoms with E-state index in [-0.39, 0.29) is 11.6 Å². The highest BCUT2D eigenvalue weighted by Gasteiger charge is 2.71. The van der Waals surface area contributed by atoms with Crippen LogP contribution in [0.15, 0.2) is 0 Å². The third-order valence-electron chi connectivity index (χ3n) is 3.88. The summed E-state index contributed by atoms with van der Waals surface area (Å²) in [5, 5.41) is 0. The summed E-state index contributed by atoms with van der Waals surface area (Å²) >= 11 is 0. The van der Waals surface area contributed by atoms with Gasteiger partial charge in [-0.2, -0.15) is 0 Å². The van der Waals surface area contributed by atoms with Gasteiger partial charge in [-0.3, -0.25) is 0 Å². The Morgan fingerprint density at radius 1 is 0.923 bits per heavy atom. The van der Waals surface area contributed by atoms with Gasteiger partial charge in [0.05, 0.1) is 0 Å². The number of hydrogen-bond acceptors (Lipinski definition) is 3. The molecule has 0 aromatic rings. The second kappa shape index (κ2) is 1.95. The summed E-state index contributed by atoms with van der Waals surface area (Å²) in [6.45, 7) is 0. The van der Waals surface area contributed by atoms with Gasteiger partial charge in [0.1, 0.15) is 12.2 Å². The molecule has 2 aliphatic heterocycles. The van der Waals surface area contributed by atoms with Gasteiger partial charge >= 0.3 is 0 Å². The monoisotopic (exact) mass is 182 g/mol. The molecule has 0 amide bonds. The predicted octanol–water partition coefficient (Wildman–Crippen LogP) is 1.56. The van der Waals surface area contributed by atoms with Crippen molar-refractivity contribution in [2.75, 3.05) is 0 Å². The maximum Gasteiger partial charge on any atom is 0.198 e. The molecule has 2 heterocycles. The normalized spacial score (nSPS) is 61.8. The number of epoxide rings is 2. The van der Waals surface area contributed by atoms with Crippen LogP contribution >= 0.6 is 0 Å². The quantitative estimate of drug-likeness (QED) is 0.608. The van der Waals surface area contributed by atoms with Gasteiger partial charge in [-0.1, -0.05) is 0 Å². The minimum absolute atomic E-state index is 0.195. The molecule has 4 unspecified atom stereocenters. The van der Waals surface area contributed by atoms with Gasteiger partial charge < -0.3 is 14.2 Å². The van der Waals surface area contributed by atoms with Crippen molar-refractivity contribution in [2.24, 2.45) is 0 Å². The first-order chi connectivity index (χ1) is 6.33. The maximum absolute atomic E-state index is 6.05. The second-order valence-corrected chi connectivity index (χ2v) is 4.72. The smallest absolute Gasteiger partial charge is 0.198 e. The van der Waals surface area contributed by atoms with E-state index in [1.807, 2.05) is 0 Å². The largest absolute Gasteiger partial charge is 0.338 e. The van der Waals surface area contributed by atoms with Gasteiger partial charge in [-0.05, 0) is 25.7 Å². The van der Waals surface area contributed by atoms with Crippen LogP contribution in [0.4, 0.5) is 0 Å². The molecule has 2 saturated carbocycles. The molecule has 0 aromatic carbocycles. The van der Waals surface area contributed by atoms with Crippen LogP contribution in [0.25, 0.3) is 0 Å². The Balaban J connectivity index is 1.53. The standard InChI is InChI=1S/C10H14O3/c1-3-7-9(5-1,11-7)13-10-6-2-4-8(10)12-10/h7-8H,1-6H2. The minimum Gasteiger partial charge on any atom is -0.338 e. The van der Waals surface area contributed by atoms with Crippen LogP contribution in [-0.4, -0.2) is 23.8 Å². The molecular formula is C10H14O3. The molecule has 3 nitrogen and oxygen atoms in total. The molecular weight excluding hydrogens is 168 g/mol.